The molecular formula is C22H21FN6O2. The molecule has 9 heteroatoms. The van der Waals surface area contributed by atoms with Crippen molar-refractivity contribution in [2.24, 2.45) is 0 Å². The van der Waals surface area contributed by atoms with Gasteiger partial charge < -0.3 is 14.9 Å². The van der Waals surface area contributed by atoms with E-state index in [2.05, 4.69) is 15.0 Å². The van der Waals surface area contributed by atoms with Gasteiger partial charge in [0.15, 0.2) is 5.82 Å². The third-order valence-corrected chi connectivity index (χ3v) is 5.54. The molecule has 0 aliphatic carbocycles. The number of carbonyl (C=O) groups excluding carboxylic acids is 1. The number of piperazine rings is 1. The van der Waals surface area contributed by atoms with Crippen molar-refractivity contribution in [1.82, 2.24) is 24.6 Å². The molecule has 1 aliphatic heterocycles. The van der Waals surface area contributed by atoms with Gasteiger partial charge in [0.25, 0.3) is 5.91 Å². The van der Waals surface area contributed by atoms with Gasteiger partial charge in [0.2, 0.25) is 5.88 Å². The van der Waals surface area contributed by atoms with Gasteiger partial charge in [-0.3, -0.25) is 4.79 Å². The highest BCUT2D eigenvalue weighted by Crippen LogP contribution is 2.34. The fourth-order valence-corrected chi connectivity index (χ4v) is 3.59. The van der Waals surface area contributed by atoms with Crippen molar-refractivity contribution in [3.8, 4) is 28.9 Å². The number of pyridine rings is 1. The molecule has 0 atom stereocenters. The molecule has 3 heterocycles. The molecule has 1 aromatic carbocycles. The number of nitrogens with zero attached hydrogens (tertiary/aromatic N) is 6. The van der Waals surface area contributed by atoms with E-state index in [0.717, 1.165) is 13.1 Å². The first kappa shape index (κ1) is 20.5. The Bertz CT molecular complexity index is 1170. The molecule has 1 aliphatic rings. The Labute approximate surface area is 178 Å². The topological polar surface area (TPSA) is 98.3 Å². The zero-order valence-electron chi connectivity index (χ0n) is 17.2. The van der Waals surface area contributed by atoms with E-state index in [4.69, 9.17) is 5.26 Å². The van der Waals surface area contributed by atoms with Crippen LogP contribution in [0, 0.1) is 24.1 Å². The second kappa shape index (κ2) is 8.16. The monoisotopic (exact) mass is 420 g/mol. The van der Waals surface area contributed by atoms with Crippen molar-refractivity contribution in [3.05, 3.63) is 59.2 Å². The Morgan fingerprint density at radius 3 is 2.52 bits per heavy atom. The third kappa shape index (κ3) is 3.73. The minimum atomic E-state index is -0.628. The third-order valence-electron chi connectivity index (χ3n) is 5.54. The average molecular weight is 420 g/mol. The van der Waals surface area contributed by atoms with Crippen LogP contribution in [0.3, 0.4) is 0 Å². The molecule has 0 radical (unpaired) electrons. The summed E-state index contributed by atoms with van der Waals surface area (Å²) in [7, 11) is 2.02. The zero-order valence-corrected chi connectivity index (χ0v) is 17.2. The van der Waals surface area contributed by atoms with E-state index in [1.807, 2.05) is 7.05 Å². The van der Waals surface area contributed by atoms with Crippen molar-refractivity contribution < 1.29 is 14.3 Å². The van der Waals surface area contributed by atoms with Crippen LogP contribution < -0.4 is 0 Å². The highest BCUT2D eigenvalue weighted by molar-refractivity contribution is 5.94. The maximum absolute atomic E-state index is 14.3. The molecule has 0 unspecified atom stereocenters. The van der Waals surface area contributed by atoms with Gasteiger partial charge in [-0.2, -0.15) is 15.0 Å². The lowest BCUT2D eigenvalue weighted by Crippen LogP contribution is -2.47. The first-order valence-electron chi connectivity index (χ1n) is 9.81. The van der Waals surface area contributed by atoms with Crippen LogP contribution in [0.1, 0.15) is 21.5 Å². The van der Waals surface area contributed by atoms with E-state index in [1.165, 1.54) is 23.1 Å². The van der Waals surface area contributed by atoms with Gasteiger partial charge >= 0.3 is 0 Å². The molecule has 0 spiro atoms. The maximum atomic E-state index is 14.3. The first-order chi connectivity index (χ1) is 14.9. The standard InChI is InChI=1S/C22H21FN6O2/c1-14-17(5-3-15(11-24)20(14)23)18-13-26-29(22(18)31)19-6-4-16(12-25-19)21(30)28-9-7-27(2)8-10-28/h3-6,12-13,31H,7-10H2,1-2H3. The number of carbonyl (C=O) groups is 1. The summed E-state index contributed by atoms with van der Waals surface area (Å²) in [5.41, 5.74) is 1.40. The van der Waals surface area contributed by atoms with Gasteiger partial charge in [-0.1, -0.05) is 6.07 Å². The van der Waals surface area contributed by atoms with Gasteiger partial charge in [0.1, 0.15) is 11.9 Å². The number of aromatic hydroxyl groups is 1. The zero-order chi connectivity index (χ0) is 22.1. The van der Waals surface area contributed by atoms with Gasteiger partial charge in [-0.05, 0) is 43.3 Å². The molecule has 0 saturated carbocycles. The molecule has 1 fully saturated rings. The Kier molecular flexibility index (Phi) is 5.40. The van der Waals surface area contributed by atoms with E-state index in [0.29, 0.717) is 35.6 Å². The molecule has 1 N–H and O–H groups in total. The quantitative estimate of drug-likeness (QED) is 0.699. The summed E-state index contributed by atoms with van der Waals surface area (Å²) in [5, 5.41) is 23.8. The van der Waals surface area contributed by atoms with Crippen LogP contribution in [0.2, 0.25) is 0 Å². The number of hydrogen-bond acceptors (Lipinski definition) is 6. The van der Waals surface area contributed by atoms with E-state index < -0.39 is 5.82 Å². The number of halogens is 1. The van der Waals surface area contributed by atoms with E-state index in [1.54, 1.807) is 36.1 Å². The molecule has 31 heavy (non-hydrogen) atoms. The van der Waals surface area contributed by atoms with Crippen LogP contribution in [0.15, 0.2) is 36.7 Å². The molecule has 1 amide bonds. The predicted molar refractivity (Wildman–Crippen MR) is 111 cm³/mol. The Morgan fingerprint density at radius 2 is 1.87 bits per heavy atom. The van der Waals surface area contributed by atoms with Gasteiger partial charge in [0.05, 0.1) is 22.9 Å². The van der Waals surface area contributed by atoms with E-state index in [-0.39, 0.29) is 22.9 Å². The number of amides is 1. The van der Waals surface area contributed by atoms with Crippen molar-refractivity contribution in [1.29, 1.82) is 5.26 Å². The van der Waals surface area contributed by atoms with Crippen LogP contribution >= 0.6 is 0 Å². The summed E-state index contributed by atoms with van der Waals surface area (Å²) in [6.45, 7) is 4.54. The lowest BCUT2D eigenvalue weighted by Gasteiger charge is -2.32. The molecule has 2 aromatic heterocycles. The smallest absolute Gasteiger partial charge is 0.255 e. The lowest BCUT2D eigenvalue weighted by molar-refractivity contribution is 0.0663. The Morgan fingerprint density at radius 1 is 1.13 bits per heavy atom. The molecule has 3 aromatic rings. The fraction of sp³-hybridized carbons (Fsp3) is 0.273. The number of likely N-dealkylation sites (N-methyl/N-ethyl adjacent to an activating group) is 1. The second-order valence-corrected chi connectivity index (χ2v) is 7.51. The average Bonchev–Trinajstić information content (AvgIpc) is 3.17. The lowest BCUT2D eigenvalue weighted by atomic mass is 10.00. The maximum Gasteiger partial charge on any atom is 0.255 e. The normalized spacial score (nSPS) is 14.5. The summed E-state index contributed by atoms with van der Waals surface area (Å²) in [6.07, 6.45) is 2.87. The summed E-state index contributed by atoms with van der Waals surface area (Å²) in [6, 6.07) is 7.99. The molecule has 158 valence electrons. The summed E-state index contributed by atoms with van der Waals surface area (Å²) in [4.78, 5) is 20.9. The highest BCUT2D eigenvalue weighted by atomic mass is 19.1. The molecule has 1 saturated heterocycles. The highest BCUT2D eigenvalue weighted by Gasteiger charge is 2.22. The van der Waals surface area contributed by atoms with Crippen LogP contribution in [-0.4, -0.2) is 68.8 Å². The predicted octanol–water partition coefficient (Wildman–Crippen LogP) is 2.35. The largest absolute Gasteiger partial charge is 0.493 e. The summed E-state index contributed by atoms with van der Waals surface area (Å²) < 4.78 is 15.5. The Hall–Kier alpha value is -3.77. The molecule has 0 bridgehead atoms. The Balaban J connectivity index is 1.59. The van der Waals surface area contributed by atoms with Crippen molar-refractivity contribution in [3.63, 3.8) is 0 Å². The number of nitriles is 1. The first-order valence-corrected chi connectivity index (χ1v) is 9.81. The number of benzene rings is 1. The van der Waals surface area contributed by atoms with Gasteiger partial charge in [0, 0.05) is 32.4 Å². The number of rotatable bonds is 3. The second-order valence-electron chi connectivity index (χ2n) is 7.51. The number of aromatic nitrogens is 3. The molecule has 8 nitrogen and oxygen atoms in total. The van der Waals surface area contributed by atoms with Gasteiger partial charge in [-0.15, -0.1) is 0 Å². The van der Waals surface area contributed by atoms with E-state index >= 15 is 0 Å². The SMILES string of the molecule is Cc1c(-c2cnn(-c3ccc(C(=O)N4CCN(C)CC4)cn3)c2O)ccc(C#N)c1F. The fourth-order valence-electron chi connectivity index (χ4n) is 3.59. The van der Waals surface area contributed by atoms with Crippen LogP contribution in [0.25, 0.3) is 16.9 Å². The van der Waals surface area contributed by atoms with Crippen molar-refractivity contribution in [2.75, 3.05) is 33.2 Å². The minimum Gasteiger partial charge on any atom is -0.493 e. The molecular weight excluding hydrogens is 399 g/mol. The van der Waals surface area contributed by atoms with Gasteiger partial charge in [-0.25, -0.2) is 9.37 Å². The van der Waals surface area contributed by atoms with Crippen molar-refractivity contribution >= 4 is 5.91 Å². The summed E-state index contributed by atoms with van der Waals surface area (Å²) >= 11 is 0. The molecule has 4 rings (SSSR count). The summed E-state index contributed by atoms with van der Waals surface area (Å²) in [5.74, 6) is -0.596. The minimum absolute atomic E-state index is 0.0598. The van der Waals surface area contributed by atoms with E-state index in [9.17, 15) is 14.3 Å². The van der Waals surface area contributed by atoms with Crippen LogP contribution in [0.4, 0.5) is 4.39 Å². The number of hydrogen-bond donors (Lipinski definition) is 1. The van der Waals surface area contributed by atoms with Crippen LogP contribution in [0.5, 0.6) is 5.88 Å². The van der Waals surface area contributed by atoms with Crippen LogP contribution in [-0.2, 0) is 0 Å². The van der Waals surface area contributed by atoms with Crippen molar-refractivity contribution in [2.45, 2.75) is 6.92 Å².